The van der Waals surface area contributed by atoms with E-state index in [0.717, 1.165) is 24.4 Å². The predicted molar refractivity (Wildman–Crippen MR) is 87.2 cm³/mol. The highest BCUT2D eigenvalue weighted by Gasteiger charge is 2.35. The van der Waals surface area contributed by atoms with Crippen LogP contribution >= 0.6 is 12.2 Å². The lowest BCUT2D eigenvalue weighted by atomic mass is 9.92. The van der Waals surface area contributed by atoms with Gasteiger partial charge in [-0.05, 0) is 36.5 Å². The van der Waals surface area contributed by atoms with E-state index >= 15 is 0 Å². The number of nitrogens with zero attached hydrogens (tertiary/aromatic N) is 1. The van der Waals surface area contributed by atoms with E-state index in [9.17, 15) is 26.7 Å². The Labute approximate surface area is 150 Å². The molecule has 0 saturated heterocycles. The van der Waals surface area contributed by atoms with E-state index in [0.29, 0.717) is 12.1 Å². The van der Waals surface area contributed by atoms with Gasteiger partial charge >= 0.3 is 6.18 Å². The van der Waals surface area contributed by atoms with E-state index in [-0.39, 0.29) is 5.11 Å². The van der Waals surface area contributed by atoms with Crippen molar-refractivity contribution >= 4 is 23.2 Å². The zero-order valence-corrected chi connectivity index (χ0v) is 14.0. The van der Waals surface area contributed by atoms with Crippen molar-refractivity contribution in [3.05, 3.63) is 65.0 Å². The third-order valence-corrected chi connectivity index (χ3v) is 3.72. The third-order valence-electron chi connectivity index (χ3n) is 3.42. The number of hydrogen-bond acceptors (Lipinski definition) is 3. The summed E-state index contributed by atoms with van der Waals surface area (Å²) < 4.78 is 67.2. The van der Waals surface area contributed by atoms with Crippen LogP contribution in [-0.4, -0.2) is 23.1 Å². The Morgan fingerprint density at radius 1 is 1.19 bits per heavy atom. The minimum Gasteiger partial charge on any atom is -0.365 e. The minimum absolute atomic E-state index is 0.163. The van der Waals surface area contributed by atoms with Gasteiger partial charge in [0.2, 0.25) is 5.91 Å². The summed E-state index contributed by atoms with van der Waals surface area (Å²) in [6, 6.07) is 4.11. The van der Waals surface area contributed by atoms with Crippen LogP contribution in [-0.2, 0) is 11.0 Å². The molecule has 10 heteroatoms. The SMILES string of the molecule is CNC(=S)NC(=O)C(c1cc(C(F)(F)F)ccn1)c1c(F)cccc1F. The van der Waals surface area contributed by atoms with Gasteiger partial charge in [-0.15, -0.1) is 0 Å². The second kappa shape index (κ2) is 7.73. The van der Waals surface area contributed by atoms with Crippen LogP contribution in [0.15, 0.2) is 36.5 Å². The van der Waals surface area contributed by atoms with Gasteiger partial charge in [0.15, 0.2) is 5.11 Å². The maximum absolute atomic E-state index is 14.2. The second-order valence-corrected chi connectivity index (χ2v) is 5.51. The molecule has 0 saturated carbocycles. The summed E-state index contributed by atoms with van der Waals surface area (Å²) in [6.45, 7) is 0. The lowest BCUT2D eigenvalue weighted by Crippen LogP contribution is -2.40. The monoisotopic (exact) mass is 389 g/mol. The molecule has 1 unspecified atom stereocenters. The van der Waals surface area contributed by atoms with Crippen LogP contribution in [0.25, 0.3) is 0 Å². The molecular formula is C16H12F5N3OS. The van der Waals surface area contributed by atoms with E-state index in [1.165, 1.54) is 7.05 Å². The van der Waals surface area contributed by atoms with Crippen LogP contribution in [0.5, 0.6) is 0 Å². The van der Waals surface area contributed by atoms with Gasteiger partial charge in [0.1, 0.15) is 17.6 Å². The average molecular weight is 389 g/mol. The molecule has 0 bridgehead atoms. The summed E-state index contributed by atoms with van der Waals surface area (Å²) in [5.74, 6) is -5.00. The van der Waals surface area contributed by atoms with Gasteiger partial charge in [-0.1, -0.05) is 6.07 Å². The maximum Gasteiger partial charge on any atom is 0.416 e. The van der Waals surface area contributed by atoms with Gasteiger partial charge < -0.3 is 10.6 Å². The first-order chi connectivity index (χ1) is 12.1. The molecule has 0 fully saturated rings. The second-order valence-electron chi connectivity index (χ2n) is 5.10. The van der Waals surface area contributed by atoms with Gasteiger partial charge in [-0.2, -0.15) is 13.2 Å². The lowest BCUT2D eigenvalue weighted by molar-refractivity contribution is -0.137. The van der Waals surface area contributed by atoms with E-state index in [2.05, 4.69) is 15.6 Å². The normalized spacial score (nSPS) is 12.4. The molecule has 2 N–H and O–H groups in total. The average Bonchev–Trinajstić information content (AvgIpc) is 2.57. The van der Waals surface area contributed by atoms with Crippen LogP contribution < -0.4 is 10.6 Å². The highest BCUT2D eigenvalue weighted by atomic mass is 32.1. The van der Waals surface area contributed by atoms with Crippen molar-refractivity contribution < 1.29 is 26.7 Å². The summed E-state index contributed by atoms with van der Waals surface area (Å²) in [5.41, 5.74) is -2.30. The van der Waals surface area contributed by atoms with Gasteiger partial charge in [-0.25, -0.2) is 8.78 Å². The van der Waals surface area contributed by atoms with Crippen LogP contribution in [0, 0.1) is 11.6 Å². The van der Waals surface area contributed by atoms with Gasteiger partial charge in [0, 0.05) is 18.8 Å². The Kier molecular flexibility index (Phi) is 5.86. The summed E-state index contributed by atoms with van der Waals surface area (Å²) >= 11 is 4.77. The molecule has 2 aromatic rings. The molecule has 2 rings (SSSR count). The number of pyridine rings is 1. The number of halogens is 5. The molecule has 0 aliphatic heterocycles. The number of carbonyl (C=O) groups is 1. The van der Waals surface area contributed by atoms with Crippen LogP contribution in [0.4, 0.5) is 22.0 Å². The number of amides is 1. The smallest absolute Gasteiger partial charge is 0.365 e. The van der Waals surface area contributed by atoms with Crippen molar-refractivity contribution in [2.45, 2.75) is 12.1 Å². The highest BCUT2D eigenvalue weighted by molar-refractivity contribution is 7.80. The third kappa shape index (κ3) is 4.31. The number of rotatable bonds is 3. The van der Waals surface area contributed by atoms with Crippen LogP contribution in [0.1, 0.15) is 22.7 Å². The Hall–Kier alpha value is -2.62. The molecule has 0 spiro atoms. The topological polar surface area (TPSA) is 54.0 Å². The van der Waals surface area contributed by atoms with Crippen LogP contribution in [0.2, 0.25) is 0 Å². The molecule has 0 aliphatic carbocycles. The Morgan fingerprint density at radius 3 is 2.35 bits per heavy atom. The molecule has 1 aromatic carbocycles. The van der Waals surface area contributed by atoms with Crippen molar-refractivity contribution in [2.24, 2.45) is 0 Å². The first kappa shape index (κ1) is 19.7. The van der Waals surface area contributed by atoms with Gasteiger partial charge in [-0.3, -0.25) is 9.78 Å². The highest BCUT2D eigenvalue weighted by Crippen LogP contribution is 2.33. The quantitative estimate of drug-likeness (QED) is 0.626. The standard InChI is InChI=1S/C16H12F5N3OS/c1-22-15(26)24-14(25)13(12-9(17)3-2-4-10(12)18)11-7-8(5-6-23-11)16(19,20)21/h2-7,13H,1H3,(H2,22,24,25,26). The fourth-order valence-corrected chi connectivity index (χ4v) is 2.33. The van der Waals surface area contributed by atoms with Crippen molar-refractivity contribution in [1.82, 2.24) is 15.6 Å². The molecule has 0 radical (unpaired) electrons. The summed E-state index contributed by atoms with van der Waals surface area (Å²) in [5, 5.41) is 4.43. The predicted octanol–water partition coefficient (Wildman–Crippen LogP) is 3.13. The van der Waals surface area contributed by atoms with E-state index < -0.39 is 46.5 Å². The first-order valence-electron chi connectivity index (χ1n) is 7.14. The zero-order valence-electron chi connectivity index (χ0n) is 13.2. The summed E-state index contributed by atoms with van der Waals surface area (Å²) in [7, 11) is 1.39. The van der Waals surface area contributed by atoms with Crippen molar-refractivity contribution in [3.63, 3.8) is 0 Å². The Morgan fingerprint density at radius 2 is 1.81 bits per heavy atom. The van der Waals surface area contributed by atoms with Crippen molar-refractivity contribution in [2.75, 3.05) is 7.05 Å². The van der Waals surface area contributed by atoms with Gasteiger partial charge in [0.25, 0.3) is 0 Å². The van der Waals surface area contributed by atoms with E-state index in [4.69, 9.17) is 12.2 Å². The fourth-order valence-electron chi connectivity index (χ4n) is 2.23. The minimum atomic E-state index is -4.72. The van der Waals surface area contributed by atoms with Gasteiger partial charge in [0.05, 0.1) is 11.3 Å². The number of alkyl halides is 3. The van der Waals surface area contributed by atoms with E-state index in [1.807, 2.05) is 0 Å². The summed E-state index contributed by atoms with van der Waals surface area (Å²) in [6.07, 6.45) is -3.90. The Balaban J connectivity index is 2.62. The molecule has 1 heterocycles. The first-order valence-corrected chi connectivity index (χ1v) is 7.55. The van der Waals surface area contributed by atoms with Crippen molar-refractivity contribution in [1.29, 1.82) is 0 Å². The number of hydrogen-bond donors (Lipinski definition) is 2. The van der Waals surface area contributed by atoms with Crippen molar-refractivity contribution in [3.8, 4) is 0 Å². The molecule has 1 amide bonds. The largest absolute Gasteiger partial charge is 0.416 e. The lowest BCUT2D eigenvalue weighted by Gasteiger charge is -2.19. The molecular weight excluding hydrogens is 377 g/mol. The molecule has 1 atom stereocenters. The molecule has 26 heavy (non-hydrogen) atoms. The van der Waals surface area contributed by atoms with Crippen LogP contribution in [0.3, 0.4) is 0 Å². The number of nitrogens with one attached hydrogen (secondary N) is 2. The Bertz CT molecular complexity index is 821. The van der Waals surface area contributed by atoms with E-state index in [1.54, 1.807) is 0 Å². The number of benzene rings is 1. The summed E-state index contributed by atoms with van der Waals surface area (Å²) in [4.78, 5) is 16.2. The maximum atomic E-state index is 14.2. The number of carbonyl (C=O) groups excluding carboxylic acids is 1. The molecule has 138 valence electrons. The molecule has 4 nitrogen and oxygen atoms in total. The zero-order chi connectivity index (χ0) is 19.5. The number of aromatic nitrogens is 1. The fraction of sp³-hybridized carbons (Fsp3) is 0.188. The molecule has 0 aliphatic rings. The molecule has 1 aromatic heterocycles. The number of thiocarbonyl (C=S) groups is 1.